The first-order valence-corrected chi connectivity index (χ1v) is 7.50. The number of benzene rings is 1. The molecule has 0 fully saturated rings. The Morgan fingerprint density at radius 2 is 2.00 bits per heavy atom. The van der Waals surface area contributed by atoms with Gasteiger partial charge in [0.05, 0.1) is 11.6 Å². The number of hydrogen-bond acceptors (Lipinski definition) is 2. The van der Waals surface area contributed by atoms with Crippen molar-refractivity contribution in [1.29, 1.82) is 0 Å². The van der Waals surface area contributed by atoms with E-state index in [4.69, 9.17) is 0 Å². The molecule has 0 saturated carbocycles. The van der Waals surface area contributed by atoms with Gasteiger partial charge in [-0.15, -0.1) is 0 Å². The van der Waals surface area contributed by atoms with Gasteiger partial charge < -0.3 is 4.90 Å². The average Bonchev–Trinajstić information content (AvgIpc) is 2.49. The molecule has 0 spiro atoms. The average molecular weight is 351 g/mol. The molecule has 110 valence electrons. The molecule has 0 aliphatic rings. The maximum absolute atomic E-state index is 13.0. The minimum Gasteiger partial charge on any atom is -0.332 e. The van der Waals surface area contributed by atoms with E-state index in [1.807, 2.05) is 13.8 Å². The fourth-order valence-electron chi connectivity index (χ4n) is 2.21. The molecule has 0 saturated heterocycles. The Balaban J connectivity index is 2.29. The SMILES string of the molecule is CCN(C(=O)c1cccnc1Br)C(C)c1ccc(F)cc1. The number of amides is 1. The van der Waals surface area contributed by atoms with Gasteiger partial charge in [0.2, 0.25) is 0 Å². The number of carbonyl (C=O) groups excluding carboxylic acids is 1. The third-order valence-corrected chi connectivity index (χ3v) is 4.04. The van der Waals surface area contributed by atoms with E-state index in [1.54, 1.807) is 35.4 Å². The van der Waals surface area contributed by atoms with Gasteiger partial charge in [-0.1, -0.05) is 12.1 Å². The first-order chi connectivity index (χ1) is 10.0. The first kappa shape index (κ1) is 15.6. The van der Waals surface area contributed by atoms with Crippen molar-refractivity contribution in [2.24, 2.45) is 0 Å². The van der Waals surface area contributed by atoms with E-state index in [2.05, 4.69) is 20.9 Å². The second-order valence-electron chi connectivity index (χ2n) is 4.66. The Morgan fingerprint density at radius 1 is 1.33 bits per heavy atom. The molecule has 5 heteroatoms. The van der Waals surface area contributed by atoms with E-state index < -0.39 is 0 Å². The van der Waals surface area contributed by atoms with Crippen molar-refractivity contribution < 1.29 is 9.18 Å². The van der Waals surface area contributed by atoms with Crippen molar-refractivity contribution in [3.05, 3.63) is 64.1 Å². The monoisotopic (exact) mass is 350 g/mol. The van der Waals surface area contributed by atoms with E-state index in [-0.39, 0.29) is 17.8 Å². The predicted molar refractivity (Wildman–Crippen MR) is 83.5 cm³/mol. The van der Waals surface area contributed by atoms with Crippen LogP contribution >= 0.6 is 15.9 Å². The number of rotatable bonds is 4. The molecule has 1 heterocycles. The Hall–Kier alpha value is -1.75. The topological polar surface area (TPSA) is 33.2 Å². The number of nitrogens with zero attached hydrogens (tertiary/aromatic N) is 2. The third kappa shape index (κ3) is 3.47. The normalized spacial score (nSPS) is 12.0. The van der Waals surface area contributed by atoms with Crippen LogP contribution in [0.15, 0.2) is 47.2 Å². The lowest BCUT2D eigenvalue weighted by molar-refractivity contribution is 0.0701. The number of carbonyl (C=O) groups is 1. The Morgan fingerprint density at radius 3 is 2.57 bits per heavy atom. The smallest absolute Gasteiger partial charge is 0.257 e. The minimum atomic E-state index is -0.282. The summed E-state index contributed by atoms with van der Waals surface area (Å²) in [6, 6.07) is 9.54. The van der Waals surface area contributed by atoms with Crippen LogP contribution in [0.2, 0.25) is 0 Å². The van der Waals surface area contributed by atoms with E-state index in [1.165, 1.54) is 12.1 Å². The summed E-state index contributed by atoms with van der Waals surface area (Å²) < 4.78 is 13.5. The maximum Gasteiger partial charge on any atom is 0.257 e. The molecule has 1 unspecified atom stereocenters. The summed E-state index contributed by atoms with van der Waals surface area (Å²) in [6.07, 6.45) is 1.63. The lowest BCUT2D eigenvalue weighted by Gasteiger charge is -2.28. The van der Waals surface area contributed by atoms with Crippen LogP contribution in [0.25, 0.3) is 0 Å². The molecule has 1 aromatic carbocycles. The minimum absolute atomic E-state index is 0.102. The fourth-order valence-corrected chi connectivity index (χ4v) is 2.63. The molecule has 0 N–H and O–H groups in total. The van der Waals surface area contributed by atoms with Crippen LogP contribution in [0.4, 0.5) is 4.39 Å². The zero-order chi connectivity index (χ0) is 15.4. The number of aromatic nitrogens is 1. The summed E-state index contributed by atoms with van der Waals surface area (Å²) in [5, 5.41) is 0. The molecule has 1 atom stereocenters. The van der Waals surface area contributed by atoms with Gasteiger partial charge in [0.25, 0.3) is 5.91 Å². The lowest BCUT2D eigenvalue weighted by Crippen LogP contribution is -2.33. The standard InChI is InChI=1S/C16H16BrFN2O/c1-3-20(11(2)12-6-8-13(18)9-7-12)16(21)14-5-4-10-19-15(14)17/h4-11H,3H2,1-2H3. The number of hydrogen-bond donors (Lipinski definition) is 0. The Kier molecular flexibility index (Phi) is 5.07. The van der Waals surface area contributed by atoms with Crippen LogP contribution in [-0.4, -0.2) is 22.3 Å². The number of halogens is 2. The van der Waals surface area contributed by atoms with Gasteiger partial charge in [-0.25, -0.2) is 9.37 Å². The zero-order valence-corrected chi connectivity index (χ0v) is 13.5. The molecular weight excluding hydrogens is 335 g/mol. The molecular formula is C16H16BrFN2O. The van der Waals surface area contributed by atoms with Gasteiger partial charge >= 0.3 is 0 Å². The van der Waals surface area contributed by atoms with Crippen molar-refractivity contribution in [1.82, 2.24) is 9.88 Å². The van der Waals surface area contributed by atoms with Crippen LogP contribution in [-0.2, 0) is 0 Å². The molecule has 0 aliphatic heterocycles. The highest BCUT2D eigenvalue weighted by atomic mass is 79.9. The van der Waals surface area contributed by atoms with Gasteiger partial charge in [-0.2, -0.15) is 0 Å². The third-order valence-electron chi connectivity index (χ3n) is 3.41. The van der Waals surface area contributed by atoms with Crippen molar-refractivity contribution in [2.45, 2.75) is 19.9 Å². The quantitative estimate of drug-likeness (QED) is 0.774. The van der Waals surface area contributed by atoms with Crippen LogP contribution in [0.3, 0.4) is 0 Å². The highest BCUT2D eigenvalue weighted by Crippen LogP contribution is 2.24. The van der Waals surface area contributed by atoms with Gasteiger partial charge in [0.1, 0.15) is 10.4 Å². The highest BCUT2D eigenvalue weighted by Gasteiger charge is 2.23. The fraction of sp³-hybridized carbons (Fsp3) is 0.250. The van der Waals surface area contributed by atoms with E-state index in [0.29, 0.717) is 16.7 Å². The Bertz CT molecular complexity index is 630. The summed E-state index contributed by atoms with van der Waals surface area (Å²) in [5.41, 5.74) is 1.42. The number of pyridine rings is 1. The molecule has 0 aliphatic carbocycles. The zero-order valence-electron chi connectivity index (χ0n) is 11.9. The largest absolute Gasteiger partial charge is 0.332 e. The molecule has 1 amide bonds. The molecule has 2 aromatic rings. The van der Waals surface area contributed by atoms with Crippen LogP contribution in [0.5, 0.6) is 0 Å². The Labute approximate surface area is 131 Å². The van der Waals surface area contributed by atoms with Crippen molar-refractivity contribution in [3.8, 4) is 0 Å². The van der Waals surface area contributed by atoms with Crippen LogP contribution in [0.1, 0.15) is 35.8 Å². The van der Waals surface area contributed by atoms with Crippen molar-refractivity contribution in [2.75, 3.05) is 6.54 Å². The van der Waals surface area contributed by atoms with E-state index in [9.17, 15) is 9.18 Å². The summed E-state index contributed by atoms with van der Waals surface area (Å²) in [5.74, 6) is -0.385. The molecule has 2 rings (SSSR count). The molecule has 21 heavy (non-hydrogen) atoms. The second kappa shape index (κ2) is 6.80. The molecule has 3 nitrogen and oxygen atoms in total. The van der Waals surface area contributed by atoms with Crippen LogP contribution < -0.4 is 0 Å². The maximum atomic E-state index is 13.0. The second-order valence-corrected chi connectivity index (χ2v) is 5.41. The first-order valence-electron chi connectivity index (χ1n) is 6.71. The van der Waals surface area contributed by atoms with Gasteiger partial charge in [0.15, 0.2) is 0 Å². The molecule has 0 bridgehead atoms. The molecule has 0 radical (unpaired) electrons. The summed E-state index contributed by atoms with van der Waals surface area (Å²) in [6.45, 7) is 4.40. The van der Waals surface area contributed by atoms with E-state index >= 15 is 0 Å². The van der Waals surface area contributed by atoms with Crippen molar-refractivity contribution >= 4 is 21.8 Å². The van der Waals surface area contributed by atoms with Gasteiger partial charge in [-0.05, 0) is 59.6 Å². The van der Waals surface area contributed by atoms with Gasteiger partial charge in [-0.3, -0.25) is 4.79 Å². The van der Waals surface area contributed by atoms with Crippen molar-refractivity contribution in [3.63, 3.8) is 0 Å². The summed E-state index contributed by atoms with van der Waals surface area (Å²) in [7, 11) is 0. The lowest BCUT2D eigenvalue weighted by atomic mass is 10.1. The summed E-state index contributed by atoms with van der Waals surface area (Å²) in [4.78, 5) is 18.5. The highest BCUT2D eigenvalue weighted by molar-refractivity contribution is 9.10. The summed E-state index contributed by atoms with van der Waals surface area (Å²) >= 11 is 3.30. The van der Waals surface area contributed by atoms with E-state index in [0.717, 1.165) is 5.56 Å². The predicted octanol–water partition coefficient (Wildman–Crippen LogP) is 4.21. The van der Waals surface area contributed by atoms with Crippen LogP contribution in [0, 0.1) is 5.82 Å². The molecule has 1 aromatic heterocycles. The van der Waals surface area contributed by atoms with Gasteiger partial charge in [0, 0.05) is 12.7 Å².